The van der Waals surface area contributed by atoms with Crippen molar-refractivity contribution in [1.82, 2.24) is 0 Å². The summed E-state index contributed by atoms with van der Waals surface area (Å²) in [5, 5.41) is 0. The molecular formula is C18H28O2. The van der Waals surface area contributed by atoms with E-state index in [1.165, 1.54) is 38.5 Å². The van der Waals surface area contributed by atoms with Crippen molar-refractivity contribution < 1.29 is 9.53 Å². The van der Waals surface area contributed by atoms with Crippen molar-refractivity contribution >= 4 is 5.97 Å². The number of cyclic esters (lactones) is 1. The van der Waals surface area contributed by atoms with Gasteiger partial charge in [0.1, 0.15) is 5.60 Å². The lowest BCUT2D eigenvalue weighted by molar-refractivity contribution is -0.141. The highest BCUT2D eigenvalue weighted by Crippen LogP contribution is 2.30. The Hall–Kier alpha value is -1.31. The fraction of sp³-hybridized carbons (Fsp3) is 0.611. The van der Waals surface area contributed by atoms with E-state index in [0.29, 0.717) is 12.0 Å². The first-order chi connectivity index (χ1) is 9.57. The summed E-state index contributed by atoms with van der Waals surface area (Å²) in [4.78, 5) is 11.3. The van der Waals surface area contributed by atoms with Gasteiger partial charge in [-0.05, 0) is 25.8 Å². The fourth-order valence-electron chi connectivity index (χ4n) is 2.39. The van der Waals surface area contributed by atoms with E-state index in [4.69, 9.17) is 4.74 Å². The lowest BCUT2D eigenvalue weighted by Crippen LogP contribution is -2.19. The number of esters is 1. The van der Waals surface area contributed by atoms with Crippen LogP contribution in [0.1, 0.15) is 65.2 Å². The first kappa shape index (κ1) is 16.7. The molecule has 0 aromatic carbocycles. The maximum Gasteiger partial charge on any atom is 0.334 e. The van der Waals surface area contributed by atoms with Gasteiger partial charge in [0.25, 0.3) is 0 Å². The second kappa shape index (κ2) is 8.78. The highest BCUT2D eigenvalue weighted by atomic mass is 16.6. The van der Waals surface area contributed by atoms with Crippen LogP contribution in [0.3, 0.4) is 0 Å². The highest BCUT2D eigenvalue weighted by molar-refractivity contribution is 5.90. The van der Waals surface area contributed by atoms with E-state index in [0.717, 1.165) is 6.42 Å². The molecule has 20 heavy (non-hydrogen) atoms. The molecule has 112 valence electrons. The Morgan fingerprint density at radius 2 is 1.90 bits per heavy atom. The maximum absolute atomic E-state index is 11.3. The summed E-state index contributed by atoms with van der Waals surface area (Å²) in [6.45, 7) is 7.86. The van der Waals surface area contributed by atoms with Crippen molar-refractivity contribution in [2.45, 2.75) is 70.8 Å². The van der Waals surface area contributed by atoms with Gasteiger partial charge >= 0.3 is 5.97 Å². The number of unbranched alkanes of at least 4 members (excludes halogenated alkanes) is 6. The Labute approximate surface area is 123 Å². The maximum atomic E-state index is 11.3. The summed E-state index contributed by atoms with van der Waals surface area (Å²) in [6, 6.07) is 0. The van der Waals surface area contributed by atoms with E-state index < -0.39 is 5.60 Å². The van der Waals surface area contributed by atoms with Crippen LogP contribution in [0.25, 0.3) is 0 Å². The average Bonchev–Trinajstić information content (AvgIpc) is 2.66. The summed E-state index contributed by atoms with van der Waals surface area (Å²) >= 11 is 0. The minimum absolute atomic E-state index is 0.270. The third kappa shape index (κ3) is 6.23. The molecular weight excluding hydrogens is 248 g/mol. The third-order valence-electron chi connectivity index (χ3n) is 3.60. The molecule has 0 aromatic rings. The minimum Gasteiger partial charge on any atom is -0.451 e. The van der Waals surface area contributed by atoms with Gasteiger partial charge in [0.15, 0.2) is 0 Å². The van der Waals surface area contributed by atoms with E-state index in [1.807, 2.05) is 25.2 Å². The molecule has 2 heteroatoms. The van der Waals surface area contributed by atoms with E-state index in [1.54, 1.807) is 0 Å². The van der Waals surface area contributed by atoms with Gasteiger partial charge in [0.05, 0.1) is 0 Å². The van der Waals surface area contributed by atoms with E-state index >= 15 is 0 Å². The number of rotatable bonds is 9. The van der Waals surface area contributed by atoms with Crippen molar-refractivity contribution in [2.24, 2.45) is 0 Å². The van der Waals surface area contributed by atoms with Crippen LogP contribution in [0.4, 0.5) is 0 Å². The zero-order chi connectivity index (χ0) is 14.8. The monoisotopic (exact) mass is 276 g/mol. The summed E-state index contributed by atoms with van der Waals surface area (Å²) in [5.41, 5.74) is 0.0618. The molecule has 1 fully saturated rings. The molecule has 2 nitrogen and oxygen atoms in total. The van der Waals surface area contributed by atoms with Gasteiger partial charge in [0.2, 0.25) is 0 Å². The smallest absolute Gasteiger partial charge is 0.334 e. The average molecular weight is 276 g/mol. The van der Waals surface area contributed by atoms with E-state index in [9.17, 15) is 4.79 Å². The topological polar surface area (TPSA) is 26.3 Å². The largest absolute Gasteiger partial charge is 0.451 e. The molecule has 0 aromatic heterocycles. The van der Waals surface area contributed by atoms with E-state index in [2.05, 4.69) is 19.6 Å². The zero-order valence-corrected chi connectivity index (χ0v) is 13.0. The van der Waals surface area contributed by atoms with Gasteiger partial charge < -0.3 is 4.74 Å². The van der Waals surface area contributed by atoms with Crippen molar-refractivity contribution in [3.63, 3.8) is 0 Å². The van der Waals surface area contributed by atoms with Gasteiger partial charge in [-0.15, -0.1) is 0 Å². The normalized spacial score (nSPS) is 23.1. The number of hydrogen-bond acceptors (Lipinski definition) is 2. The molecule has 0 bridgehead atoms. The van der Waals surface area contributed by atoms with Crippen LogP contribution in [0.5, 0.6) is 0 Å². The summed E-state index contributed by atoms with van der Waals surface area (Å²) < 4.78 is 5.28. The van der Waals surface area contributed by atoms with Gasteiger partial charge in [0, 0.05) is 12.0 Å². The van der Waals surface area contributed by atoms with Crippen LogP contribution in [0.15, 0.2) is 36.5 Å². The van der Waals surface area contributed by atoms with Crippen molar-refractivity contribution in [2.75, 3.05) is 0 Å². The fourth-order valence-corrected chi connectivity index (χ4v) is 2.39. The predicted octanol–water partition coefficient (Wildman–Crippen LogP) is 5.11. The van der Waals surface area contributed by atoms with Crippen molar-refractivity contribution in [3.05, 3.63) is 36.5 Å². The van der Waals surface area contributed by atoms with Gasteiger partial charge in [-0.2, -0.15) is 0 Å². The second-order valence-corrected chi connectivity index (χ2v) is 5.83. The molecule has 1 atom stereocenters. The van der Waals surface area contributed by atoms with Crippen LogP contribution < -0.4 is 0 Å². The molecule has 0 amide bonds. The van der Waals surface area contributed by atoms with Gasteiger partial charge in [-0.25, -0.2) is 4.79 Å². The summed E-state index contributed by atoms with van der Waals surface area (Å²) in [7, 11) is 0. The molecule has 1 rings (SSSR count). The number of hydrogen-bond donors (Lipinski definition) is 0. The zero-order valence-electron chi connectivity index (χ0n) is 13.0. The molecule has 1 heterocycles. The first-order valence-electron chi connectivity index (χ1n) is 7.83. The summed E-state index contributed by atoms with van der Waals surface area (Å²) in [5.74, 6) is -0.270. The molecule has 0 radical (unpaired) electrons. The molecule has 0 unspecified atom stereocenters. The lowest BCUT2D eigenvalue weighted by Gasteiger charge is -2.16. The minimum atomic E-state index is -0.501. The molecule has 0 aliphatic carbocycles. The standard InChI is InChI=1S/C18H28O2/c1-4-5-6-7-8-9-10-11-12-13-14-18(3)15-16(2)17(19)20-18/h11-14H,2,4-10,15H2,1,3H3/b12-11+,14-13+/t18-/m1/s1. The van der Waals surface area contributed by atoms with Gasteiger partial charge in [-0.3, -0.25) is 0 Å². The second-order valence-electron chi connectivity index (χ2n) is 5.83. The molecule has 1 saturated heterocycles. The SMILES string of the molecule is C=C1C[C@@](C)(/C=C/C=C/CCCCCCCC)OC1=O. The Morgan fingerprint density at radius 1 is 1.20 bits per heavy atom. The summed E-state index contributed by atoms with van der Waals surface area (Å²) in [6.07, 6.45) is 17.8. The third-order valence-corrected chi connectivity index (χ3v) is 3.60. The van der Waals surface area contributed by atoms with Crippen LogP contribution in [-0.2, 0) is 9.53 Å². The van der Waals surface area contributed by atoms with Crippen LogP contribution in [0.2, 0.25) is 0 Å². The van der Waals surface area contributed by atoms with Crippen molar-refractivity contribution in [3.8, 4) is 0 Å². The Morgan fingerprint density at radius 3 is 2.55 bits per heavy atom. The van der Waals surface area contributed by atoms with Gasteiger partial charge in [-0.1, -0.05) is 63.8 Å². The Kier molecular flexibility index (Phi) is 7.35. The number of allylic oxidation sites excluding steroid dienone is 3. The molecule has 1 aliphatic heterocycles. The number of ether oxygens (including phenoxy) is 1. The number of carbonyl (C=O) groups is 1. The Balaban J connectivity index is 2.13. The van der Waals surface area contributed by atoms with Crippen LogP contribution in [-0.4, -0.2) is 11.6 Å². The first-order valence-corrected chi connectivity index (χ1v) is 7.83. The van der Waals surface area contributed by atoms with Crippen LogP contribution in [0, 0.1) is 0 Å². The van der Waals surface area contributed by atoms with Crippen LogP contribution >= 0.6 is 0 Å². The number of carbonyl (C=O) groups excluding carboxylic acids is 1. The molecule has 0 spiro atoms. The van der Waals surface area contributed by atoms with Crippen molar-refractivity contribution in [1.29, 1.82) is 0 Å². The predicted molar refractivity (Wildman–Crippen MR) is 84.5 cm³/mol. The molecule has 0 N–H and O–H groups in total. The molecule has 1 aliphatic rings. The Bertz CT molecular complexity index is 361. The lowest BCUT2D eigenvalue weighted by atomic mass is 10.00. The quantitative estimate of drug-likeness (QED) is 0.253. The molecule has 0 saturated carbocycles. The van der Waals surface area contributed by atoms with E-state index in [-0.39, 0.29) is 5.97 Å². The highest BCUT2D eigenvalue weighted by Gasteiger charge is 2.36.